The molecule has 0 saturated heterocycles. The van der Waals surface area contributed by atoms with Gasteiger partial charge in [0.2, 0.25) is 11.7 Å². The zero-order valence-electron chi connectivity index (χ0n) is 22.1. The summed E-state index contributed by atoms with van der Waals surface area (Å²) in [6.07, 6.45) is -0.642. The number of carbonyl (C=O) groups is 4. The normalized spacial score (nSPS) is 11.2. The summed E-state index contributed by atoms with van der Waals surface area (Å²) in [4.78, 5) is 54.3. The fourth-order valence-electron chi connectivity index (χ4n) is 3.98. The number of hydrogen-bond acceptors (Lipinski definition) is 5. The maximum atomic E-state index is 13.4. The molecule has 0 heterocycles. The minimum atomic E-state index is -1.04. The molecule has 2 amide bonds. The summed E-state index contributed by atoms with van der Waals surface area (Å²) in [5.41, 5.74) is 0.904. The highest BCUT2D eigenvalue weighted by Crippen LogP contribution is 2.23. The third-order valence-electron chi connectivity index (χ3n) is 5.85. The van der Waals surface area contributed by atoms with Gasteiger partial charge in [-0.3, -0.25) is 14.4 Å². The number of rotatable bonds is 9. The van der Waals surface area contributed by atoms with Crippen LogP contribution in [0.2, 0.25) is 0 Å². The summed E-state index contributed by atoms with van der Waals surface area (Å²) >= 11 is 0. The molecule has 0 radical (unpaired) electrons. The molecule has 0 aromatic heterocycles. The number of amides is 2. The number of fused-ring (bicyclic) bond motifs is 1. The van der Waals surface area contributed by atoms with Crippen molar-refractivity contribution in [1.29, 1.82) is 0 Å². The lowest BCUT2D eigenvalue weighted by Crippen LogP contribution is -2.36. The number of esters is 1. The van der Waals surface area contributed by atoms with Gasteiger partial charge in [-0.25, -0.2) is 4.79 Å². The predicted octanol–water partition coefficient (Wildman–Crippen LogP) is 5.16. The minimum Gasteiger partial charge on any atom is -0.454 e. The third-order valence-corrected chi connectivity index (χ3v) is 5.85. The Morgan fingerprint density at radius 1 is 0.811 bits per heavy atom. The Labute approximate surface area is 218 Å². The summed E-state index contributed by atoms with van der Waals surface area (Å²) in [5.74, 6) is -2.66. The molecule has 0 unspecified atom stereocenters. The second kappa shape index (κ2) is 11.8. The van der Waals surface area contributed by atoms with Crippen LogP contribution in [0.25, 0.3) is 10.8 Å². The van der Waals surface area contributed by atoms with Gasteiger partial charge in [-0.2, -0.15) is 0 Å². The molecule has 3 rings (SSSR count). The van der Waals surface area contributed by atoms with E-state index in [4.69, 9.17) is 4.74 Å². The topological polar surface area (TPSA) is 84.0 Å². The second-order valence-electron chi connectivity index (χ2n) is 9.79. The third kappa shape index (κ3) is 7.26. The SMILES string of the molecule is CCN(CC)C(=O)c1cccc(N(Cc2ccc3ccccc3c2)C(=O)CC(=O)C(=O)OC(C)(C)C)c1. The average Bonchev–Trinajstić information content (AvgIpc) is 2.86. The van der Waals surface area contributed by atoms with Crippen molar-refractivity contribution in [2.24, 2.45) is 0 Å². The van der Waals surface area contributed by atoms with Crippen molar-refractivity contribution < 1.29 is 23.9 Å². The van der Waals surface area contributed by atoms with E-state index in [0.717, 1.165) is 16.3 Å². The van der Waals surface area contributed by atoms with E-state index >= 15 is 0 Å². The van der Waals surface area contributed by atoms with E-state index in [-0.39, 0.29) is 12.5 Å². The molecule has 0 bridgehead atoms. The number of hydrogen-bond donors (Lipinski definition) is 0. The van der Waals surface area contributed by atoms with Crippen molar-refractivity contribution in [2.45, 2.75) is 53.2 Å². The van der Waals surface area contributed by atoms with Crippen LogP contribution in [0.4, 0.5) is 5.69 Å². The average molecular weight is 503 g/mol. The van der Waals surface area contributed by atoms with Crippen molar-refractivity contribution in [3.8, 4) is 0 Å². The van der Waals surface area contributed by atoms with Crippen molar-refractivity contribution in [1.82, 2.24) is 4.90 Å². The van der Waals surface area contributed by atoms with Crippen LogP contribution in [-0.4, -0.2) is 47.2 Å². The number of Topliss-reactive ketones (excluding diaryl/α,β-unsaturated/α-hetero) is 1. The van der Waals surface area contributed by atoms with Crippen LogP contribution in [0, 0.1) is 0 Å². The molecule has 0 fully saturated rings. The number of nitrogens with zero attached hydrogens (tertiary/aromatic N) is 2. The Hall–Kier alpha value is -4.00. The number of benzene rings is 3. The van der Waals surface area contributed by atoms with Crippen LogP contribution in [0.3, 0.4) is 0 Å². The Balaban J connectivity index is 1.95. The smallest absolute Gasteiger partial charge is 0.375 e. The van der Waals surface area contributed by atoms with Crippen LogP contribution in [0.15, 0.2) is 66.7 Å². The largest absolute Gasteiger partial charge is 0.454 e. The molecule has 0 N–H and O–H groups in total. The summed E-state index contributed by atoms with van der Waals surface area (Å²) in [6, 6.07) is 20.5. The van der Waals surface area contributed by atoms with Gasteiger partial charge in [0.05, 0.1) is 13.0 Å². The van der Waals surface area contributed by atoms with Crippen molar-refractivity contribution in [3.63, 3.8) is 0 Å². The van der Waals surface area contributed by atoms with Gasteiger partial charge >= 0.3 is 5.97 Å². The zero-order valence-corrected chi connectivity index (χ0v) is 22.1. The molecule has 0 spiro atoms. The minimum absolute atomic E-state index is 0.144. The van der Waals surface area contributed by atoms with Gasteiger partial charge in [-0.15, -0.1) is 0 Å². The quantitative estimate of drug-likeness (QED) is 0.229. The molecule has 3 aromatic carbocycles. The number of ketones is 1. The molecule has 0 atom stereocenters. The van der Waals surface area contributed by atoms with Gasteiger partial charge in [0.15, 0.2) is 0 Å². The standard InChI is InChI=1S/C30H34N2O5/c1-6-31(7-2)28(35)24-13-10-14-25(18-24)32(27(34)19-26(33)29(36)37-30(3,4)5)20-21-15-16-22-11-8-9-12-23(22)17-21/h8-18H,6-7,19-20H2,1-5H3. The van der Waals surface area contributed by atoms with Crippen LogP contribution in [0.1, 0.15) is 57.0 Å². The first kappa shape index (κ1) is 27.6. The van der Waals surface area contributed by atoms with E-state index in [9.17, 15) is 19.2 Å². The molecular formula is C30H34N2O5. The maximum absolute atomic E-state index is 13.4. The molecule has 7 heteroatoms. The molecule has 37 heavy (non-hydrogen) atoms. The highest BCUT2D eigenvalue weighted by atomic mass is 16.6. The molecule has 7 nitrogen and oxygen atoms in total. The van der Waals surface area contributed by atoms with Gasteiger partial charge < -0.3 is 14.5 Å². The first-order valence-corrected chi connectivity index (χ1v) is 12.5. The van der Waals surface area contributed by atoms with E-state index in [2.05, 4.69) is 0 Å². The Kier molecular flexibility index (Phi) is 8.81. The maximum Gasteiger partial charge on any atom is 0.375 e. The molecule has 0 saturated carbocycles. The molecule has 0 aliphatic heterocycles. The van der Waals surface area contributed by atoms with Gasteiger partial charge in [-0.1, -0.05) is 42.5 Å². The van der Waals surface area contributed by atoms with Crippen LogP contribution >= 0.6 is 0 Å². The van der Waals surface area contributed by atoms with E-state index in [1.54, 1.807) is 49.9 Å². The van der Waals surface area contributed by atoms with Gasteiger partial charge in [0.1, 0.15) is 5.60 Å². The Morgan fingerprint density at radius 2 is 1.49 bits per heavy atom. The number of ether oxygens (including phenoxy) is 1. The summed E-state index contributed by atoms with van der Waals surface area (Å²) in [6.45, 7) is 10.1. The Bertz CT molecular complexity index is 1300. The van der Waals surface area contributed by atoms with Crippen molar-refractivity contribution >= 4 is 40.0 Å². The second-order valence-corrected chi connectivity index (χ2v) is 9.79. The van der Waals surface area contributed by atoms with E-state index in [1.165, 1.54) is 4.90 Å². The molecule has 0 aliphatic rings. The summed E-state index contributed by atoms with van der Waals surface area (Å²) in [5, 5.41) is 2.08. The number of anilines is 1. The van der Waals surface area contributed by atoms with E-state index in [0.29, 0.717) is 24.3 Å². The lowest BCUT2D eigenvalue weighted by atomic mass is 10.1. The van der Waals surface area contributed by atoms with Gasteiger partial charge in [0, 0.05) is 24.3 Å². The summed E-state index contributed by atoms with van der Waals surface area (Å²) in [7, 11) is 0. The molecule has 3 aromatic rings. The lowest BCUT2D eigenvalue weighted by molar-refractivity contribution is -0.163. The van der Waals surface area contributed by atoms with Gasteiger partial charge in [0.25, 0.3) is 5.91 Å². The first-order valence-electron chi connectivity index (χ1n) is 12.5. The van der Waals surface area contributed by atoms with Crippen molar-refractivity contribution in [3.05, 3.63) is 77.9 Å². The zero-order chi connectivity index (χ0) is 27.2. The molecular weight excluding hydrogens is 468 g/mol. The first-order chi connectivity index (χ1) is 17.5. The van der Waals surface area contributed by atoms with Crippen molar-refractivity contribution in [2.75, 3.05) is 18.0 Å². The van der Waals surface area contributed by atoms with Gasteiger partial charge in [-0.05, 0) is 75.2 Å². The fourth-order valence-corrected chi connectivity index (χ4v) is 3.98. The molecule has 0 aliphatic carbocycles. The monoisotopic (exact) mass is 502 g/mol. The van der Waals surface area contributed by atoms with E-state index in [1.807, 2.05) is 56.3 Å². The van der Waals surface area contributed by atoms with Crippen LogP contribution < -0.4 is 4.90 Å². The fraction of sp³-hybridized carbons (Fsp3) is 0.333. The van der Waals surface area contributed by atoms with E-state index < -0.39 is 29.7 Å². The van der Waals surface area contributed by atoms with Crippen LogP contribution in [-0.2, 0) is 25.7 Å². The van der Waals surface area contributed by atoms with Crippen LogP contribution in [0.5, 0.6) is 0 Å². The number of carbonyl (C=O) groups excluding carboxylic acids is 4. The molecule has 194 valence electrons. The summed E-state index contributed by atoms with van der Waals surface area (Å²) < 4.78 is 5.14. The lowest BCUT2D eigenvalue weighted by Gasteiger charge is -2.25. The highest BCUT2D eigenvalue weighted by Gasteiger charge is 2.28. The highest BCUT2D eigenvalue weighted by molar-refractivity contribution is 6.37. The predicted molar refractivity (Wildman–Crippen MR) is 144 cm³/mol. The Morgan fingerprint density at radius 3 is 2.14 bits per heavy atom.